The summed E-state index contributed by atoms with van der Waals surface area (Å²) in [6.45, 7) is 1.79. The van der Waals surface area contributed by atoms with Crippen LogP contribution < -0.4 is 4.72 Å². The lowest BCUT2D eigenvalue weighted by Gasteiger charge is -2.29. The summed E-state index contributed by atoms with van der Waals surface area (Å²) in [6.07, 6.45) is -7.31. The molecule has 1 aliphatic carbocycles. The molecule has 1 N–H and O–H groups in total. The molecule has 0 aliphatic heterocycles. The Morgan fingerprint density at radius 1 is 0.920 bits per heavy atom. The number of rotatable bonds is 3. The predicted octanol–water partition coefficient (Wildman–Crippen LogP) is 4.58. The number of alkyl halides is 6. The van der Waals surface area contributed by atoms with Crippen LogP contribution >= 0.6 is 0 Å². The summed E-state index contributed by atoms with van der Waals surface area (Å²) >= 11 is 0. The number of hydrogen-bond donors (Lipinski definition) is 1. The molecule has 142 valence electrons. The minimum atomic E-state index is -5.09. The lowest BCUT2D eigenvalue weighted by Crippen LogP contribution is -2.41. The van der Waals surface area contributed by atoms with E-state index in [1.165, 1.54) is 0 Å². The molecule has 1 fully saturated rings. The molecule has 0 radical (unpaired) electrons. The number of nitrogens with one attached hydrogen (secondary N) is 1. The molecule has 1 saturated carbocycles. The van der Waals surface area contributed by atoms with Gasteiger partial charge >= 0.3 is 12.4 Å². The maximum Gasteiger partial charge on any atom is 0.416 e. The van der Waals surface area contributed by atoms with Crippen molar-refractivity contribution in [3.63, 3.8) is 0 Å². The Balaban J connectivity index is 2.45. The third kappa shape index (κ3) is 4.87. The summed E-state index contributed by atoms with van der Waals surface area (Å²) in [7, 11) is -4.51. The van der Waals surface area contributed by atoms with Crippen molar-refractivity contribution in [2.75, 3.05) is 0 Å². The molecule has 0 unspecified atom stereocenters. The molecule has 0 amide bonds. The van der Waals surface area contributed by atoms with Crippen molar-refractivity contribution in [1.82, 2.24) is 4.72 Å². The second kappa shape index (κ2) is 6.79. The molecule has 2 atom stereocenters. The van der Waals surface area contributed by atoms with E-state index in [4.69, 9.17) is 0 Å². The van der Waals surface area contributed by atoms with Gasteiger partial charge in [0, 0.05) is 6.04 Å². The number of sulfonamides is 1. The normalized spacial score (nSPS) is 22.8. The average Bonchev–Trinajstić information content (AvgIpc) is 2.47. The van der Waals surface area contributed by atoms with E-state index in [0.717, 1.165) is 19.3 Å². The maximum absolute atomic E-state index is 12.9. The van der Waals surface area contributed by atoms with E-state index in [0.29, 0.717) is 6.42 Å². The van der Waals surface area contributed by atoms with Gasteiger partial charge < -0.3 is 0 Å². The molecule has 0 heterocycles. The summed E-state index contributed by atoms with van der Waals surface area (Å²) in [5.41, 5.74) is -3.31. The fourth-order valence-electron chi connectivity index (χ4n) is 2.84. The first-order valence-corrected chi connectivity index (χ1v) is 9.11. The minimum Gasteiger partial charge on any atom is -0.208 e. The summed E-state index contributed by atoms with van der Waals surface area (Å²) < 4.78 is 104. The van der Waals surface area contributed by atoms with Gasteiger partial charge in [-0.2, -0.15) is 26.3 Å². The summed E-state index contributed by atoms with van der Waals surface area (Å²) in [4.78, 5) is -1.03. The predicted molar refractivity (Wildman–Crippen MR) is 78.2 cm³/mol. The molecule has 1 aromatic rings. The largest absolute Gasteiger partial charge is 0.416 e. The fraction of sp³-hybridized carbons (Fsp3) is 0.600. The Morgan fingerprint density at radius 3 is 1.84 bits per heavy atom. The number of benzene rings is 1. The lowest BCUT2D eigenvalue weighted by molar-refractivity contribution is -0.143. The Morgan fingerprint density at radius 2 is 1.40 bits per heavy atom. The van der Waals surface area contributed by atoms with Crippen LogP contribution in [0.5, 0.6) is 0 Å². The zero-order valence-electron chi connectivity index (χ0n) is 13.2. The van der Waals surface area contributed by atoms with Crippen molar-refractivity contribution in [1.29, 1.82) is 0 Å². The maximum atomic E-state index is 12.9. The van der Waals surface area contributed by atoms with Gasteiger partial charge in [-0.15, -0.1) is 0 Å². The van der Waals surface area contributed by atoms with E-state index in [-0.39, 0.29) is 24.1 Å². The molecule has 1 aromatic carbocycles. The van der Waals surface area contributed by atoms with Crippen LogP contribution in [0, 0.1) is 5.92 Å². The summed E-state index contributed by atoms with van der Waals surface area (Å²) in [5, 5.41) is 0. The standard InChI is InChI=1S/C15H17F6NO2S/c1-9-4-2-3-5-13(9)22-25(23,24)12-7-10(14(16,17)18)6-11(8-12)15(19,20)21/h6-9,13,22H,2-5H2,1H3/t9-,13+/m0/s1. The van der Waals surface area contributed by atoms with Crippen molar-refractivity contribution in [3.05, 3.63) is 29.3 Å². The molecule has 0 spiro atoms. The zero-order chi connectivity index (χ0) is 19.0. The van der Waals surface area contributed by atoms with Crippen LogP contribution in [0.1, 0.15) is 43.7 Å². The van der Waals surface area contributed by atoms with Crippen LogP contribution in [0.25, 0.3) is 0 Å². The van der Waals surface area contributed by atoms with E-state index in [2.05, 4.69) is 4.72 Å². The Hall–Kier alpha value is -1.29. The first-order valence-electron chi connectivity index (χ1n) is 7.62. The molecule has 25 heavy (non-hydrogen) atoms. The van der Waals surface area contributed by atoms with E-state index in [1.807, 2.05) is 0 Å². The van der Waals surface area contributed by atoms with E-state index in [9.17, 15) is 34.8 Å². The zero-order valence-corrected chi connectivity index (χ0v) is 14.0. The van der Waals surface area contributed by atoms with E-state index in [1.54, 1.807) is 6.92 Å². The fourth-order valence-corrected chi connectivity index (χ4v) is 4.29. The highest BCUT2D eigenvalue weighted by molar-refractivity contribution is 7.89. The minimum absolute atomic E-state index is 0.0450. The average molecular weight is 389 g/mol. The Bertz CT molecular complexity index is 694. The van der Waals surface area contributed by atoms with Crippen molar-refractivity contribution in [3.8, 4) is 0 Å². The molecule has 1 aliphatic rings. The van der Waals surface area contributed by atoms with Crippen LogP contribution in [0.4, 0.5) is 26.3 Å². The van der Waals surface area contributed by atoms with Crippen molar-refractivity contribution in [2.24, 2.45) is 5.92 Å². The lowest BCUT2D eigenvalue weighted by atomic mass is 9.87. The van der Waals surface area contributed by atoms with Gasteiger partial charge in [-0.05, 0) is 37.0 Å². The van der Waals surface area contributed by atoms with Crippen LogP contribution in [0.15, 0.2) is 23.1 Å². The van der Waals surface area contributed by atoms with Gasteiger partial charge in [-0.25, -0.2) is 13.1 Å². The molecular formula is C15H17F6NO2S. The van der Waals surface area contributed by atoms with Crippen molar-refractivity contribution in [2.45, 2.75) is 55.9 Å². The van der Waals surface area contributed by atoms with Gasteiger partial charge in [0.05, 0.1) is 16.0 Å². The van der Waals surface area contributed by atoms with Crippen molar-refractivity contribution < 1.29 is 34.8 Å². The molecule has 3 nitrogen and oxygen atoms in total. The smallest absolute Gasteiger partial charge is 0.208 e. The molecule has 0 aromatic heterocycles. The van der Waals surface area contributed by atoms with E-state index < -0.39 is 44.4 Å². The highest BCUT2D eigenvalue weighted by atomic mass is 32.2. The third-order valence-electron chi connectivity index (χ3n) is 4.29. The van der Waals surface area contributed by atoms with Gasteiger partial charge in [0.25, 0.3) is 0 Å². The Labute approximate surface area is 141 Å². The van der Waals surface area contributed by atoms with Crippen LogP contribution in [0.2, 0.25) is 0 Å². The van der Waals surface area contributed by atoms with Crippen molar-refractivity contribution >= 4 is 10.0 Å². The van der Waals surface area contributed by atoms with Crippen LogP contribution in [0.3, 0.4) is 0 Å². The van der Waals surface area contributed by atoms with Gasteiger partial charge in [0.2, 0.25) is 10.0 Å². The highest BCUT2D eigenvalue weighted by Gasteiger charge is 2.38. The second-order valence-electron chi connectivity index (χ2n) is 6.23. The summed E-state index contributed by atoms with van der Waals surface area (Å²) in [6, 6.07) is -0.152. The van der Waals surface area contributed by atoms with Crippen LogP contribution in [-0.4, -0.2) is 14.5 Å². The quantitative estimate of drug-likeness (QED) is 0.769. The topological polar surface area (TPSA) is 46.2 Å². The highest BCUT2D eigenvalue weighted by Crippen LogP contribution is 2.37. The first kappa shape index (κ1) is 20.0. The first-order chi connectivity index (χ1) is 11.3. The van der Waals surface area contributed by atoms with Crippen LogP contribution in [-0.2, 0) is 22.4 Å². The monoisotopic (exact) mass is 389 g/mol. The molecule has 10 heteroatoms. The second-order valence-corrected chi connectivity index (χ2v) is 7.95. The molecule has 2 rings (SSSR count). The van der Waals surface area contributed by atoms with Gasteiger partial charge in [-0.3, -0.25) is 0 Å². The molecule has 0 bridgehead atoms. The van der Waals surface area contributed by atoms with Gasteiger partial charge in [-0.1, -0.05) is 19.8 Å². The number of halogens is 6. The van der Waals surface area contributed by atoms with E-state index >= 15 is 0 Å². The summed E-state index contributed by atoms with van der Waals surface area (Å²) in [5.74, 6) is -0.0450. The Kier molecular flexibility index (Phi) is 5.44. The third-order valence-corrected chi connectivity index (χ3v) is 5.76. The van der Waals surface area contributed by atoms with Gasteiger partial charge in [0.15, 0.2) is 0 Å². The molecule has 0 saturated heterocycles. The SMILES string of the molecule is C[C@H]1CCCC[C@H]1NS(=O)(=O)c1cc(C(F)(F)F)cc(C(F)(F)F)c1. The van der Waals surface area contributed by atoms with Gasteiger partial charge in [0.1, 0.15) is 0 Å². The molecular weight excluding hydrogens is 372 g/mol. The number of hydrogen-bond acceptors (Lipinski definition) is 2.